The molecule has 8 heteroatoms. The Morgan fingerprint density at radius 3 is 2.55 bits per heavy atom. The topological polar surface area (TPSA) is 72.9 Å². The van der Waals surface area contributed by atoms with Crippen molar-refractivity contribution in [3.05, 3.63) is 82.5 Å². The van der Waals surface area contributed by atoms with Crippen molar-refractivity contribution in [2.75, 3.05) is 7.11 Å². The number of imide groups is 1. The van der Waals surface area contributed by atoms with Gasteiger partial charge in [0.2, 0.25) is 0 Å². The van der Waals surface area contributed by atoms with Crippen molar-refractivity contribution in [2.24, 2.45) is 0 Å². The molecule has 1 heterocycles. The Labute approximate surface area is 194 Å². The van der Waals surface area contributed by atoms with Gasteiger partial charge in [0.1, 0.15) is 24.2 Å². The summed E-state index contributed by atoms with van der Waals surface area (Å²) in [4.78, 5) is 38.4. The smallest absolute Gasteiger partial charge is 0.328 e. The number of methoxy groups -OCH3 is 1. The quantitative estimate of drug-likeness (QED) is 0.370. The van der Waals surface area contributed by atoms with Crippen molar-refractivity contribution in [1.29, 1.82) is 0 Å². The molecular weight excluding hydrogens is 445 g/mol. The first-order chi connectivity index (χ1) is 15.9. The number of amides is 2. The van der Waals surface area contributed by atoms with Crippen LogP contribution in [0.15, 0.2) is 65.6 Å². The number of fused-ring (bicyclic) bond motifs is 1. The largest absolute Gasteiger partial charge is 0.488 e. The zero-order valence-electron chi connectivity index (χ0n) is 17.9. The molecule has 3 aromatic carbocycles. The third kappa shape index (κ3) is 4.61. The molecule has 0 unspecified atom stereocenters. The van der Waals surface area contributed by atoms with Crippen LogP contribution in [0, 0.1) is 5.82 Å². The number of ether oxygens (including phenoxy) is 2. The molecule has 0 N–H and O–H groups in total. The number of thioether (sulfide) groups is 1. The average molecular weight is 466 g/mol. The van der Waals surface area contributed by atoms with E-state index >= 15 is 0 Å². The minimum absolute atomic E-state index is 0.179. The van der Waals surface area contributed by atoms with Crippen LogP contribution in [0.2, 0.25) is 0 Å². The van der Waals surface area contributed by atoms with Gasteiger partial charge in [0.15, 0.2) is 0 Å². The van der Waals surface area contributed by atoms with Crippen LogP contribution < -0.4 is 4.74 Å². The summed E-state index contributed by atoms with van der Waals surface area (Å²) in [6, 6.07) is 16.2. The van der Waals surface area contributed by atoms with E-state index in [0.29, 0.717) is 11.3 Å². The van der Waals surface area contributed by atoms with Gasteiger partial charge in [-0.05, 0) is 59.3 Å². The molecule has 33 heavy (non-hydrogen) atoms. The summed E-state index contributed by atoms with van der Waals surface area (Å²) in [7, 11) is 1.20. The Kier molecular flexibility index (Phi) is 6.46. The van der Waals surface area contributed by atoms with Crippen LogP contribution in [-0.4, -0.2) is 35.2 Å². The summed E-state index contributed by atoms with van der Waals surface area (Å²) in [6.07, 6.45) is 1.61. The maximum atomic E-state index is 13.2. The van der Waals surface area contributed by atoms with Gasteiger partial charge in [0.25, 0.3) is 11.1 Å². The number of hydrogen-bond acceptors (Lipinski definition) is 6. The van der Waals surface area contributed by atoms with E-state index in [-0.39, 0.29) is 17.3 Å². The molecule has 0 aromatic heterocycles. The van der Waals surface area contributed by atoms with Gasteiger partial charge in [0.05, 0.1) is 12.0 Å². The molecule has 4 rings (SSSR count). The highest BCUT2D eigenvalue weighted by molar-refractivity contribution is 8.18. The highest BCUT2D eigenvalue weighted by Gasteiger charge is 2.41. The molecular formula is C25H20FNO5S. The lowest BCUT2D eigenvalue weighted by atomic mass is 10.0. The first-order valence-electron chi connectivity index (χ1n) is 10.1. The average Bonchev–Trinajstić information content (AvgIpc) is 3.11. The molecule has 168 valence electrons. The van der Waals surface area contributed by atoms with Crippen LogP contribution in [0.4, 0.5) is 9.18 Å². The van der Waals surface area contributed by atoms with Crippen molar-refractivity contribution < 1.29 is 28.2 Å². The second kappa shape index (κ2) is 9.46. The third-order valence-electron chi connectivity index (χ3n) is 5.27. The number of esters is 1. The van der Waals surface area contributed by atoms with Crippen molar-refractivity contribution in [1.82, 2.24) is 4.90 Å². The fourth-order valence-electron chi connectivity index (χ4n) is 3.51. The summed E-state index contributed by atoms with van der Waals surface area (Å²) in [5.74, 6) is -1.07. The van der Waals surface area contributed by atoms with Crippen LogP contribution in [0.5, 0.6) is 5.75 Å². The molecule has 1 aliphatic heterocycles. The Bertz CT molecular complexity index is 1270. The van der Waals surface area contributed by atoms with Gasteiger partial charge < -0.3 is 9.47 Å². The molecule has 1 atom stereocenters. The predicted octanol–water partition coefficient (Wildman–Crippen LogP) is 5.16. The van der Waals surface area contributed by atoms with Crippen molar-refractivity contribution in [2.45, 2.75) is 19.6 Å². The van der Waals surface area contributed by atoms with E-state index in [0.717, 1.165) is 33.0 Å². The molecule has 1 fully saturated rings. The van der Waals surface area contributed by atoms with Gasteiger partial charge >= 0.3 is 5.97 Å². The fraction of sp³-hybridized carbons (Fsp3) is 0.160. The second-order valence-corrected chi connectivity index (χ2v) is 8.36. The molecule has 1 aliphatic rings. The van der Waals surface area contributed by atoms with E-state index in [9.17, 15) is 18.8 Å². The number of carbonyl (C=O) groups excluding carboxylic acids is 3. The first-order valence-corrected chi connectivity index (χ1v) is 10.9. The molecule has 2 amide bonds. The molecule has 1 saturated heterocycles. The number of rotatable bonds is 6. The van der Waals surface area contributed by atoms with Gasteiger partial charge in [0, 0.05) is 5.56 Å². The lowest BCUT2D eigenvalue weighted by Crippen LogP contribution is -2.42. The van der Waals surface area contributed by atoms with Gasteiger partial charge in [-0.2, -0.15) is 0 Å². The van der Waals surface area contributed by atoms with Gasteiger partial charge in [-0.15, -0.1) is 0 Å². The lowest BCUT2D eigenvalue weighted by molar-refractivity contribution is -0.148. The van der Waals surface area contributed by atoms with Crippen LogP contribution in [0.25, 0.3) is 16.8 Å². The SMILES string of the molecule is COC(=O)[C@H](C)N1C(=O)S/C(=C/c2c(OCc3ccc(F)cc3)ccc3ccccc23)C1=O. The van der Waals surface area contributed by atoms with Crippen LogP contribution in [-0.2, 0) is 20.9 Å². The number of nitrogens with zero attached hydrogens (tertiary/aromatic N) is 1. The second-order valence-electron chi connectivity index (χ2n) is 7.36. The van der Waals surface area contributed by atoms with Crippen LogP contribution in [0.3, 0.4) is 0 Å². The van der Waals surface area contributed by atoms with E-state index in [1.165, 1.54) is 26.2 Å². The van der Waals surface area contributed by atoms with Gasteiger partial charge in [-0.25, -0.2) is 9.18 Å². The molecule has 6 nitrogen and oxygen atoms in total. The Balaban J connectivity index is 1.71. The Hall–Kier alpha value is -3.65. The number of hydrogen-bond donors (Lipinski definition) is 0. The molecule has 0 spiro atoms. The number of benzene rings is 3. The Morgan fingerprint density at radius 1 is 1.09 bits per heavy atom. The number of halogens is 1. The van der Waals surface area contributed by atoms with Gasteiger partial charge in [-0.1, -0.05) is 42.5 Å². The molecule has 0 bridgehead atoms. The highest BCUT2D eigenvalue weighted by atomic mass is 32.2. The summed E-state index contributed by atoms with van der Waals surface area (Å²) < 4.78 is 23.9. The summed E-state index contributed by atoms with van der Waals surface area (Å²) in [5.41, 5.74) is 1.41. The van der Waals surface area contributed by atoms with E-state index in [1.807, 2.05) is 30.3 Å². The van der Waals surface area contributed by atoms with Crippen molar-refractivity contribution in [3.63, 3.8) is 0 Å². The normalized spacial score (nSPS) is 15.8. The zero-order chi connectivity index (χ0) is 23.5. The molecule has 0 aliphatic carbocycles. The van der Waals surface area contributed by atoms with Crippen molar-refractivity contribution in [3.8, 4) is 5.75 Å². The predicted molar refractivity (Wildman–Crippen MR) is 124 cm³/mol. The summed E-state index contributed by atoms with van der Waals surface area (Å²) >= 11 is 0.760. The monoisotopic (exact) mass is 465 g/mol. The fourth-order valence-corrected chi connectivity index (χ4v) is 4.40. The van der Waals surface area contributed by atoms with Crippen molar-refractivity contribution >= 4 is 45.7 Å². The van der Waals surface area contributed by atoms with Gasteiger partial charge in [-0.3, -0.25) is 14.5 Å². The van der Waals surface area contributed by atoms with E-state index in [1.54, 1.807) is 24.3 Å². The van der Waals surface area contributed by atoms with E-state index in [4.69, 9.17) is 4.74 Å². The zero-order valence-corrected chi connectivity index (χ0v) is 18.7. The van der Waals surface area contributed by atoms with Crippen LogP contribution >= 0.6 is 11.8 Å². The molecule has 3 aromatic rings. The maximum absolute atomic E-state index is 13.2. The summed E-state index contributed by atoms with van der Waals surface area (Å²) in [5, 5.41) is 1.22. The first kappa shape index (κ1) is 22.5. The van der Waals surface area contributed by atoms with E-state index in [2.05, 4.69) is 4.74 Å². The number of carbonyl (C=O) groups is 3. The van der Waals surface area contributed by atoms with Crippen LogP contribution in [0.1, 0.15) is 18.1 Å². The molecule has 0 saturated carbocycles. The van der Waals surface area contributed by atoms with E-state index < -0.39 is 23.2 Å². The minimum Gasteiger partial charge on any atom is -0.488 e. The standard InChI is InChI=1S/C25H20FNO5S/c1-15(24(29)31-2)27-23(28)22(33-25(27)30)13-20-19-6-4-3-5-17(19)9-12-21(20)32-14-16-7-10-18(26)11-8-16/h3-13,15H,14H2,1-2H3/b22-13+/t15-/m0/s1. The lowest BCUT2D eigenvalue weighted by Gasteiger charge is -2.18. The Morgan fingerprint density at radius 2 is 1.82 bits per heavy atom. The molecule has 0 radical (unpaired) electrons. The third-order valence-corrected chi connectivity index (χ3v) is 6.15. The minimum atomic E-state index is -1.03. The summed E-state index contributed by atoms with van der Waals surface area (Å²) in [6.45, 7) is 1.64. The highest BCUT2D eigenvalue weighted by Crippen LogP contribution is 2.38. The maximum Gasteiger partial charge on any atom is 0.328 e.